The van der Waals surface area contributed by atoms with Gasteiger partial charge in [-0.1, -0.05) is 19.0 Å². The molecule has 5 nitrogen and oxygen atoms in total. The number of hydrogen-bond acceptors (Lipinski definition) is 4. The number of carbonyl (C=O) groups excluding carboxylic acids is 1. The number of rotatable bonds is 6. The Kier molecular flexibility index (Phi) is 3.78. The number of methoxy groups -OCH3 is 1. The highest BCUT2D eigenvalue weighted by atomic mass is 16.5. The maximum absolute atomic E-state index is 11.9. The van der Waals surface area contributed by atoms with E-state index in [1.165, 1.54) is 0 Å². The van der Waals surface area contributed by atoms with Gasteiger partial charge in [0.1, 0.15) is 6.61 Å². The summed E-state index contributed by atoms with van der Waals surface area (Å²) >= 11 is 0. The molecule has 0 unspecified atom stereocenters. The second kappa shape index (κ2) is 5.44. The molecule has 5 heteroatoms. The van der Waals surface area contributed by atoms with Crippen LogP contribution in [0.1, 0.15) is 44.6 Å². The van der Waals surface area contributed by atoms with Crippen molar-refractivity contribution >= 4 is 5.91 Å². The van der Waals surface area contributed by atoms with Gasteiger partial charge in [-0.3, -0.25) is 4.79 Å². The molecule has 3 rings (SSSR count). The Morgan fingerprint density at radius 1 is 1.52 bits per heavy atom. The van der Waals surface area contributed by atoms with E-state index in [9.17, 15) is 4.79 Å². The number of amides is 1. The first-order chi connectivity index (χ1) is 10.0. The lowest BCUT2D eigenvalue weighted by Gasteiger charge is -2.52. The van der Waals surface area contributed by atoms with Crippen molar-refractivity contribution in [2.24, 2.45) is 17.3 Å². The van der Waals surface area contributed by atoms with E-state index in [4.69, 9.17) is 9.26 Å². The zero-order chi connectivity index (χ0) is 15.0. The number of ether oxygens (including phenoxy) is 1. The molecular formula is C16H24N2O3. The first-order valence-electron chi connectivity index (χ1n) is 7.74. The average Bonchev–Trinajstić information content (AvgIpc) is 3.20. The summed E-state index contributed by atoms with van der Waals surface area (Å²) in [4.78, 5) is 11.9. The van der Waals surface area contributed by atoms with Crippen molar-refractivity contribution < 1.29 is 14.1 Å². The molecule has 0 spiro atoms. The number of nitrogens with one attached hydrogen (secondary N) is 1. The van der Waals surface area contributed by atoms with E-state index in [0.717, 1.165) is 37.1 Å². The van der Waals surface area contributed by atoms with Gasteiger partial charge in [0.25, 0.3) is 0 Å². The van der Waals surface area contributed by atoms with E-state index >= 15 is 0 Å². The highest BCUT2D eigenvalue weighted by Gasteiger charge is 2.49. The minimum absolute atomic E-state index is 0.116. The number of carbonyl (C=O) groups is 1. The van der Waals surface area contributed by atoms with Gasteiger partial charge in [-0.25, -0.2) is 0 Å². The average molecular weight is 292 g/mol. The molecule has 0 aromatic carbocycles. The maximum atomic E-state index is 11.9. The van der Waals surface area contributed by atoms with Crippen LogP contribution in [0.5, 0.6) is 0 Å². The molecule has 1 N–H and O–H groups in total. The quantitative estimate of drug-likeness (QED) is 0.874. The normalized spacial score (nSPS) is 27.2. The first-order valence-corrected chi connectivity index (χ1v) is 7.74. The van der Waals surface area contributed by atoms with Gasteiger partial charge in [0.05, 0.1) is 5.69 Å². The minimum Gasteiger partial charge on any atom is -0.377 e. The third-order valence-corrected chi connectivity index (χ3v) is 5.09. The SMILES string of the molecule is COCc1cc(C[C@@H]2C[C@H](NC(=O)C3CC3)C2(C)C)no1. The van der Waals surface area contributed by atoms with Crippen LogP contribution in [-0.2, 0) is 22.6 Å². The van der Waals surface area contributed by atoms with Crippen LogP contribution in [0.25, 0.3) is 0 Å². The molecule has 0 radical (unpaired) electrons. The molecule has 1 heterocycles. The van der Waals surface area contributed by atoms with Gasteiger partial charge in [0.2, 0.25) is 5.91 Å². The lowest BCUT2D eigenvalue weighted by molar-refractivity contribution is -0.126. The van der Waals surface area contributed by atoms with Gasteiger partial charge in [-0.2, -0.15) is 0 Å². The van der Waals surface area contributed by atoms with Crippen LogP contribution in [0.2, 0.25) is 0 Å². The standard InChI is InChI=1S/C16H24N2O3/c1-16(2)11(6-12-8-13(9-20-3)21-18-12)7-14(16)17-15(19)10-4-5-10/h8,10-11,14H,4-7,9H2,1-3H3,(H,17,19)/t11-,14+/m1/s1. The second-order valence-corrected chi connectivity index (χ2v) is 7.01. The van der Waals surface area contributed by atoms with Gasteiger partial charge in [-0.05, 0) is 37.0 Å². The smallest absolute Gasteiger partial charge is 0.223 e. The Balaban J connectivity index is 1.53. The van der Waals surface area contributed by atoms with Crippen molar-refractivity contribution in [1.29, 1.82) is 0 Å². The number of hydrogen-bond donors (Lipinski definition) is 1. The molecule has 1 aromatic heterocycles. The van der Waals surface area contributed by atoms with Crippen molar-refractivity contribution in [3.8, 4) is 0 Å². The van der Waals surface area contributed by atoms with Crippen LogP contribution in [0.3, 0.4) is 0 Å². The van der Waals surface area contributed by atoms with Crippen LogP contribution in [0.4, 0.5) is 0 Å². The zero-order valence-electron chi connectivity index (χ0n) is 13.0. The molecule has 21 heavy (non-hydrogen) atoms. The third-order valence-electron chi connectivity index (χ3n) is 5.09. The highest BCUT2D eigenvalue weighted by Crippen LogP contribution is 2.48. The molecule has 2 aliphatic carbocycles. The highest BCUT2D eigenvalue weighted by molar-refractivity contribution is 5.81. The van der Waals surface area contributed by atoms with E-state index in [2.05, 4.69) is 24.3 Å². The second-order valence-electron chi connectivity index (χ2n) is 7.01. The Bertz CT molecular complexity index is 519. The largest absolute Gasteiger partial charge is 0.377 e. The molecular weight excluding hydrogens is 268 g/mol. The van der Waals surface area contributed by atoms with E-state index < -0.39 is 0 Å². The van der Waals surface area contributed by atoms with E-state index in [1.54, 1.807) is 7.11 Å². The molecule has 2 aliphatic rings. The fourth-order valence-electron chi connectivity index (χ4n) is 3.16. The Morgan fingerprint density at radius 3 is 2.90 bits per heavy atom. The molecule has 1 amide bonds. The molecule has 2 fully saturated rings. The van der Waals surface area contributed by atoms with Gasteiger partial charge in [-0.15, -0.1) is 0 Å². The van der Waals surface area contributed by atoms with Gasteiger partial charge >= 0.3 is 0 Å². The molecule has 2 atom stereocenters. The van der Waals surface area contributed by atoms with Crippen molar-refractivity contribution in [1.82, 2.24) is 10.5 Å². The van der Waals surface area contributed by atoms with Crippen molar-refractivity contribution in [3.63, 3.8) is 0 Å². The lowest BCUT2D eigenvalue weighted by Crippen LogP contribution is -2.59. The molecule has 1 aromatic rings. The van der Waals surface area contributed by atoms with E-state index in [1.807, 2.05) is 6.07 Å². The summed E-state index contributed by atoms with van der Waals surface area (Å²) in [7, 11) is 1.64. The monoisotopic (exact) mass is 292 g/mol. The van der Waals surface area contributed by atoms with Crippen LogP contribution in [-0.4, -0.2) is 24.2 Å². The molecule has 2 saturated carbocycles. The summed E-state index contributed by atoms with van der Waals surface area (Å²) in [5.74, 6) is 1.83. The minimum atomic E-state index is 0.116. The molecule has 0 bridgehead atoms. The van der Waals surface area contributed by atoms with E-state index in [-0.39, 0.29) is 17.2 Å². The summed E-state index contributed by atoms with van der Waals surface area (Å²) in [5.41, 5.74) is 1.09. The summed E-state index contributed by atoms with van der Waals surface area (Å²) in [5, 5.41) is 7.31. The molecule has 116 valence electrons. The molecule has 0 saturated heterocycles. The van der Waals surface area contributed by atoms with Crippen LogP contribution in [0, 0.1) is 17.3 Å². The summed E-state index contributed by atoms with van der Waals surface area (Å²) in [6.07, 6.45) is 4.04. The summed E-state index contributed by atoms with van der Waals surface area (Å²) in [6, 6.07) is 2.26. The predicted molar refractivity (Wildman–Crippen MR) is 77.5 cm³/mol. The van der Waals surface area contributed by atoms with Crippen LogP contribution >= 0.6 is 0 Å². The van der Waals surface area contributed by atoms with Crippen molar-refractivity contribution in [2.75, 3.05) is 7.11 Å². The van der Waals surface area contributed by atoms with Crippen LogP contribution < -0.4 is 5.32 Å². The van der Waals surface area contributed by atoms with E-state index in [0.29, 0.717) is 18.6 Å². The number of aromatic nitrogens is 1. The maximum Gasteiger partial charge on any atom is 0.223 e. The van der Waals surface area contributed by atoms with Gasteiger partial charge < -0.3 is 14.6 Å². The first kappa shape index (κ1) is 14.6. The zero-order valence-corrected chi connectivity index (χ0v) is 13.0. The molecule has 0 aliphatic heterocycles. The van der Waals surface area contributed by atoms with Crippen molar-refractivity contribution in [2.45, 2.75) is 52.2 Å². The van der Waals surface area contributed by atoms with Gasteiger partial charge in [0.15, 0.2) is 5.76 Å². The Labute approximate surface area is 125 Å². The summed E-state index contributed by atoms with van der Waals surface area (Å²) < 4.78 is 10.3. The number of nitrogens with zero attached hydrogens (tertiary/aromatic N) is 1. The lowest BCUT2D eigenvalue weighted by atomic mass is 9.57. The topological polar surface area (TPSA) is 64.4 Å². The third kappa shape index (κ3) is 2.98. The fourth-order valence-corrected chi connectivity index (χ4v) is 3.16. The van der Waals surface area contributed by atoms with Crippen LogP contribution in [0.15, 0.2) is 10.6 Å². The predicted octanol–water partition coefficient (Wildman–Crippen LogP) is 2.30. The summed E-state index contributed by atoms with van der Waals surface area (Å²) in [6.45, 7) is 4.92. The Morgan fingerprint density at radius 2 is 2.29 bits per heavy atom. The van der Waals surface area contributed by atoms with Gasteiger partial charge in [0, 0.05) is 25.1 Å². The fraction of sp³-hybridized carbons (Fsp3) is 0.750. The Hall–Kier alpha value is -1.36. The van der Waals surface area contributed by atoms with Crippen molar-refractivity contribution in [3.05, 3.63) is 17.5 Å².